The van der Waals surface area contributed by atoms with E-state index < -0.39 is 0 Å². The second kappa shape index (κ2) is 11.6. The van der Waals surface area contributed by atoms with Gasteiger partial charge in [0.15, 0.2) is 0 Å². The summed E-state index contributed by atoms with van der Waals surface area (Å²) in [6, 6.07) is 23.7. The second-order valence-electron chi connectivity index (χ2n) is 7.63. The van der Waals surface area contributed by atoms with Crippen molar-refractivity contribution in [2.24, 2.45) is 0 Å². The predicted octanol–water partition coefficient (Wildman–Crippen LogP) is 4.36. The SMILES string of the molecule is CCN(CC(=O)Nc1ccc(NC(C)=O)cc1)Cc1ccc(C(=O)Nc2ccccc2)cc1. The summed E-state index contributed by atoms with van der Waals surface area (Å²) in [5.41, 5.74) is 3.68. The zero-order valence-corrected chi connectivity index (χ0v) is 18.8. The number of benzene rings is 3. The van der Waals surface area contributed by atoms with E-state index in [0.29, 0.717) is 30.0 Å². The maximum absolute atomic E-state index is 12.5. The van der Waals surface area contributed by atoms with Gasteiger partial charge >= 0.3 is 0 Å². The lowest BCUT2D eigenvalue weighted by atomic mass is 10.1. The molecule has 0 unspecified atom stereocenters. The third-order valence-electron chi connectivity index (χ3n) is 4.96. The van der Waals surface area contributed by atoms with Crippen LogP contribution in [0.25, 0.3) is 0 Å². The lowest BCUT2D eigenvalue weighted by Crippen LogP contribution is -2.32. The van der Waals surface area contributed by atoms with Crippen molar-refractivity contribution in [2.75, 3.05) is 29.0 Å². The zero-order valence-electron chi connectivity index (χ0n) is 18.8. The average molecular weight is 445 g/mol. The molecule has 7 nitrogen and oxygen atoms in total. The Morgan fingerprint density at radius 1 is 0.727 bits per heavy atom. The molecule has 0 bridgehead atoms. The van der Waals surface area contributed by atoms with Gasteiger partial charge in [-0.15, -0.1) is 0 Å². The summed E-state index contributed by atoms with van der Waals surface area (Å²) >= 11 is 0. The maximum atomic E-state index is 12.5. The largest absolute Gasteiger partial charge is 0.326 e. The molecule has 0 radical (unpaired) electrons. The van der Waals surface area contributed by atoms with Crippen LogP contribution in [0.1, 0.15) is 29.8 Å². The first-order valence-corrected chi connectivity index (χ1v) is 10.8. The number of likely N-dealkylation sites (N-methyl/N-ethyl adjacent to an activating group) is 1. The fraction of sp³-hybridized carbons (Fsp3) is 0.192. The Bertz CT molecular complexity index is 1080. The minimum atomic E-state index is -0.163. The van der Waals surface area contributed by atoms with Crippen LogP contribution in [0.3, 0.4) is 0 Å². The molecule has 0 aliphatic carbocycles. The lowest BCUT2D eigenvalue weighted by molar-refractivity contribution is -0.117. The molecule has 7 heteroatoms. The van der Waals surface area contributed by atoms with Crippen molar-refractivity contribution < 1.29 is 14.4 Å². The third-order valence-corrected chi connectivity index (χ3v) is 4.96. The highest BCUT2D eigenvalue weighted by Crippen LogP contribution is 2.14. The van der Waals surface area contributed by atoms with Crippen LogP contribution in [0.4, 0.5) is 17.1 Å². The van der Waals surface area contributed by atoms with Crippen molar-refractivity contribution >= 4 is 34.8 Å². The number of carbonyl (C=O) groups is 3. The van der Waals surface area contributed by atoms with Gasteiger partial charge in [-0.05, 0) is 60.6 Å². The van der Waals surface area contributed by atoms with E-state index in [0.717, 1.165) is 11.3 Å². The number of hydrogen-bond acceptors (Lipinski definition) is 4. The minimum Gasteiger partial charge on any atom is -0.326 e. The quantitative estimate of drug-likeness (QED) is 0.457. The van der Waals surface area contributed by atoms with Crippen LogP contribution >= 0.6 is 0 Å². The summed E-state index contributed by atoms with van der Waals surface area (Å²) in [4.78, 5) is 38.0. The third kappa shape index (κ3) is 7.59. The summed E-state index contributed by atoms with van der Waals surface area (Å²) in [5.74, 6) is -0.429. The van der Waals surface area contributed by atoms with Crippen LogP contribution in [0.2, 0.25) is 0 Å². The molecule has 0 saturated heterocycles. The first-order valence-electron chi connectivity index (χ1n) is 10.8. The number of nitrogens with zero attached hydrogens (tertiary/aromatic N) is 1. The molecule has 3 aromatic rings. The summed E-state index contributed by atoms with van der Waals surface area (Å²) in [6.07, 6.45) is 0. The molecular formula is C26H28N4O3. The normalized spacial score (nSPS) is 10.5. The second-order valence-corrected chi connectivity index (χ2v) is 7.63. The summed E-state index contributed by atoms with van der Waals surface area (Å²) in [7, 11) is 0. The molecule has 3 rings (SSSR count). The van der Waals surface area contributed by atoms with E-state index in [1.54, 1.807) is 36.4 Å². The standard InChI is InChI=1S/C26H28N4O3/c1-3-30(18-25(32)28-24-15-13-23(14-16-24)27-19(2)31)17-20-9-11-21(12-10-20)26(33)29-22-7-5-4-6-8-22/h4-16H,3,17-18H2,1-2H3,(H,27,31)(H,28,32)(H,29,33). The number of carbonyl (C=O) groups excluding carboxylic acids is 3. The zero-order chi connectivity index (χ0) is 23.6. The first kappa shape index (κ1) is 23.7. The van der Waals surface area contributed by atoms with Gasteiger partial charge in [-0.1, -0.05) is 37.3 Å². The van der Waals surface area contributed by atoms with Crippen LogP contribution in [0, 0.1) is 0 Å². The van der Waals surface area contributed by atoms with Crippen molar-refractivity contribution in [3.05, 3.63) is 90.0 Å². The highest BCUT2D eigenvalue weighted by molar-refractivity contribution is 6.04. The molecule has 0 aromatic heterocycles. The van der Waals surface area contributed by atoms with Gasteiger partial charge in [0.25, 0.3) is 5.91 Å². The van der Waals surface area contributed by atoms with E-state index in [1.165, 1.54) is 6.92 Å². The van der Waals surface area contributed by atoms with Crippen molar-refractivity contribution in [2.45, 2.75) is 20.4 Å². The Kier molecular flexibility index (Phi) is 8.32. The Morgan fingerprint density at radius 2 is 1.30 bits per heavy atom. The van der Waals surface area contributed by atoms with E-state index in [9.17, 15) is 14.4 Å². The molecule has 0 spiro atoms. The summed E-state index contributed by atoms with van der Waals surface area (Å²) in [5, 5.41) is 8.43. The maximum Gasteiger partial charge on any atom is 0.255 e. The van der Waals surface area contributed by atoms with Gasteiger partial charge in [-0.3, -0.25) is 19.3 Å². The van der Waals surface area contributed by atoms with Crippen molar-refractivity contribution in [3.63, 3.8) is 0 Å². The predicted molar refractivity (Wildman–Crippen MR) is 131 cm³/mol. The molecule has 0 heterocycles. The highest BCUT2D eigenvalue weighted by Gasteiger charge is 2.11. The van der Waals surface area contributed by atoms with Gasteiger partial charge < -0.3 is 16.0 Å². The van der Waals surface area contributed by atoms with Crippen LogP contribution in [0.5, 0.6) is 0 Å². The van der Waals surface area contributed by atoms with Crippen LogP contribution < -0.4 is 16.0 Å². The van der Waals surface area contributed by atoms with Gasteiger partial charge in [0.1, 0.15) is 0 Å². The van der Waals surface area contributed by atoms with E-state index in [1.807, 2.05) is 54.3 Å². The van der Waals surface area contributed by atoms with Crippen molar-refractivity contribution in [3.8, 4) is 0 Å². The molecule has 0 aliphatic rings. The van der Waals surface area contributed by atoms with Crippen LogP contribution in [0.15, 0.2) is 78.9 Å². The van der Waals surface area contributed by atoms with Gasteiger partial charge in [0.2, 0.25) is 11.8 Å². The van der Waals surface area contributed by atoms with Gasteiger partial charge in [-0.25, -0.2) is 0 Å². The number of nitrogens with one attached hydrogen (secondary N) is 3. The number of hydrogen-bond donors (Lipinski definition) is 3. The molecule has 0 atom stereocenters. The van der Waals surface area contributed by atoms with Gasteiger partial charge in [0.05, 0.1) is 6.54 Å². The summed E-state index contributed by atoms with van der Waals surface area (Å²) in [6.45, 7) is 4.97. The highest BCUT2D eigenvalue weighted by atomic mass is 16.2. The molecular weight excluding hydrogens is 416 g/mol. The Labute approximate surface area is 193 Å². The Balaban J connectivity index is 1.52. The van der Waals surface area contributed by atoms with Crippen molar-refractivity contribution in [1.82, 2.24) is 4.90 Å². The fourth-order valence-corrected chi connectivity index (χ4v) is 3.27. The summed E-state index contributed by atoms with van der Waals surface area (Å²) < 4.78 is 0. The number of amides is 3. The van der Waals surface area contributed by atoms with Gasteiger partial charge in [0, 0.05) is 36.1 Å². The Hall–Kier alpha value is -3.97. The van der Waals surface area contributed by atoms with Crippen LogP contribution in [-0.4, -0.2) is 35.7 Å². The molecule has 0 saturated carbocycles. The van der Waals surface area contributed by atoms with E-state index in [2.05, 4.69) is 16.0 Å². The van der Waals surface area contributed by atoms with Crippen molar-refractivity contribution in [1.29, 1.82) is 0 Å². The Morgan fingerprint density at radius 3 is 1.88 bits per heavy atom. The van der Waals surface area contributed by atoms with E-state index in [-0.39, 0.29) is 24.3 Å². The fourth-order valence-electron chi connectivity index (χ4n) is 3.27. The molecule has 170 valence electrons. The topological polar surface area (TPSA) is 90.5 Å². The van der Waals surface area contributed by atoms with E-state index >= 15 is 0 Å². The molecule has 3 amide bonds. The monoisotopic (exact) mass is 444 g/mol. The first-order chi connectivity index (χ1) is 15.9. The number of anilines is 3. The molecule has 33 heavy (non-hydrogen) atoms. The minimum absolute atomic E-state index is 0.122. The molecule has 0 aliphatic heterocycles. The lowest BCUT2D eigenvalue weighted by Gasteiger charge is -2.20. The van der Waals surface area contributed by atoms with Gasteiger partial charge in [-0.2, -0.15) is 0 Å². The van der Waals surface area contributed by atoms with E-state index in [4.69, 9.17) is 0 Å². The van der Waals surface area contributed by atoms with Crippen LogP contribution in [-0.2, 0) is 16.1 Å². The average Bonchev–Trinajstić information content (AvgIpc) is 2.80. The smallest absolute Gasteiger partial charge is 0.255 e. The number of para-hydroxylation sites is 1. The molecule has 0 fully saturated rings. The number of rotatable bonds is 9. The molecule has 3 N–H and O–H groups in total. The molecule has 3 aromatic carbocycles.